The van der Waals surface area contributed by atoms with Gasteiger partial charge in [-0.1, -0.05) is 13.8 Å². The van der Waals surface area contributed by atoms with Gasteiger partial charge in [0.05, 0.1) is 0 Å². The van der Waals surface area contributed by atoms with Crippen LogP contribution in [0.3, 0.4) is 0 Å². The quantitative estimate of drug-likeness (QED) is 0.631. The van der Waals surface area contributed by atoms with E-state index in [-0.39, 0.29) is 5.92 Å². The molecule has 1 aliphatic rings. The number of nitrogens with zero attached hydrogens (tertiary/aromatic N) is 3. The lowest BCUT2D eigenvalue weighted by Gasteiger charge is -2.28. The van der Waals surface area contributed by atoms with E-state index in [4.69, 9.17) is 10.6 Å². The molecule has 112 valence electrons. The van der Waals surface area contributed by atoms with Crippen molar-refractivity contribution in [2.45, 2.75) is 32.6 Å². The number of anilines is 2. The minimum absolute atomic E-state index is 0.276. The minimum Gasteiger partial charge on any atom is -0.381 e. The zero-order valence-corrected chi connectivity index (χ0v) is 12.6. The number of nitrogens with two attached hydrogens (primary N) is 1. The zero-order chi connectivity index (χ0) is 14.5. The predicted octanol–water partition coefficient (Wildman–Crippen LogP) is 1.75. The fourth-order valence-electron chi connectivity index (χ4n) is 2.39. The highest BCUT2D eigenvalue weighted by Gasteiger charge is 2.18. The number of aromatic nitrogens is 2. The molecule has 0 aliphatic carbocycles. The molecule has 0 unspecified atom stereocenters. The molecule has 1 aromatic rings. The second kappa shape index (κ2) is 6.85. The second-order valence-corrected chi connectivity index (χ2v) is 5.70. The normalized spacial score (nSPS) is 16.4. The van der Waals surface area contributed by atoms with Crippen molar-refractivity contribution in [1.82, 2.24) is 9.97 Å². The molecule has 0 spiro atoms. The number of nitrogens with one attached hydrogen (secondary N) is 1. The molecule has 6 heteroatoms. The number of ether oxygens (including phenoxy) is 1. The van der Waals surface area contributed by atoms with Gasteiger partial charge >= 0.3 is 0 Å². The fraction of sp³-hybridized carbons (Fsp3) is 0.714. The Labute approximate surface area is 120 Å². The first-order valence-electron chi connectivity index (χ1n) is 7.24. The van der Waals surface area contributed by atoms with Crippen LogP contribution in [0.4, 0.5) is 11.6 Å². The number of hydrogen-bond acceptors (Lipinski definition) is 6. The van der Waals surface area contributed by atoms with Crippen molar-refractivity contribution >= 4 is 11.6 Å². The lowest BCUT2D eigenvalue weighted by molar-refractivity contribution is 0.0685. The molecule has 1 fully saturated rings. The Morgan fingerprint density at radius 2 is 2.10 bits per heavy atom. The Bertz CT molecular complexity index is 432. The molecule has 1 aliphatic heterocycles. The largest absolute Gasteiger partial charge is 0.381 e. The molecule has 6 nitrogen and oxygen atoms in total. The van der Waals surface area contributed by atoms with Crippen LogP contribution in [-0.4, -0.2) is 36.8 Å². The molecular formula is C14H25N5O. The minimum atomic E-state index is 0.276. The standard InChI is InChI=1S/C14H25N5O/c1-10(2)14-16-12(18-15)8-13(17-14)19(3)9-11-4-6-20-7-5-11/h8,10-11H,4-7,9,15H2,1-3H3,(H,16,17,18). The van der Waals surface area contributed by atoms with E-state index in [0.29, 0.717) is 11.7 Å². The Morgan fingerprint density at radius 3 is 2.70 bits per heavy atom. The van der Waals surface area contributed by atoms with E-state index in [1.807, 2.05) is 6.07 Å². The van der Waals surface area contributed by atoms with Gasteiger partial charge in [-0.15, -0.1) is 0 Å². The Morgan fingerprint density at radius 1 is 1.40 bits per heavy atom. The first kappa shape index (κ1) is 15.0. The molecule has 2 heterocycles. The van der Waals surface area contributed by atoms with E-state index in [2.05, 4.69) is 41.2 Å². The van der Waals surface area contributed by atoms with Crippen LogP contribution in [0.2, 0.25) is 0 Å². The third-order valence-corrected chi connectivity index (χ3v) is 3.66. The predicted molar refractivity (Wildman–Crippen MR) is 80.7 cm³/mol. The van der Waals surface area contributed by atoms with Gasteiger partial charge in [-0.3, -0.25) is 0 Å². The third-order valence-electron chi connectivity index (χ3n) is 3.66. The van der Waals surface area contributed by atoms with E-state index in [1.54, 1.807) is 0 Å². The van der Waals surface area contributed by atoms with Crippen LogP contribution in [0.15, 0.2) is 6.07 Å². The number of nitrogen functional groups attached to an aromatic ring is 1. The van der Waals surface area contributed by atoms with E-state index in [9.17, 15) is 0 Å². The number of rotatable bonds is 5. The van der Waals surface area contributed by atoms with Crippen molar-refractivity contribution in [3.05, 3.63) is 11.9 Å². The number of hydrogen-bond donors (Lipinski definition) is 2. The molecule has 0 saturated carbocycles. The van der Waals surface area contributed by atoms with Crippen molar-refractivity contribution in [1.29, 1.82) is 0 Å². The van der Waals surface area contributed by atoms with Gasteiger partial charge in [-0.2, -0.15) is 0 Å². The average molecular weight is 279 g/mol. The summed E-state index contributed by atoms with van der Waals surface area (Å²) in [6, 6.07) is 1.89. The maximum absolute atomic E-state index is 5.50. The van der Waals surface area contributed by atoms with Gasteiger partial charge < -0.3 is 15.1 Å². The fourth-order valence-corrected chi connectivity index (χ4v) is 2.39. The average Bonchev–Trinajstić information content (AvgIpc) is 2.47. The van der Waals surface area contributed by atoms with E-state index < -0.39 is 0 Å². The summed E-state index contributed by atoms with van der Waals surface area (Å²) in [7, 11) is 2.07. The lowest BCUT2D eigenvalue weighted by atomic mass is 10.00. The molecule has 0 aromatic carbocycles. The van der Waals surface area contributed by atoms with Gasteiger partial charge in [0.2, 0.25) is 0 Å². The number of hydrazine groups is 1. The van der Waals surface area contributed by atoms with Crippen LogP contribution in [0.25, 0.3) is 0 Å². The second-order valence-electron chi connectivity index (χ2n) is 5.70. The topological polar surface area (TPSA) is 76.3 Å². The summed E-state index contributed by atoms with van der Waals surface area (Å²) in [5.74, 6) is 8.84. The summed E-state index contributed by atoms with van der Waals surface area (Å²) < 4.78 is 5.40. The van der Waals surface area contributed by atoms with Gasteiger partial charge in [-0.05, 0) is 18.8 Å². The highest BCUT2D eigenvalue weighted by atomic mass is 16.5. The van der Waals surface area contributed by atoms with Gasteiger partial charge in [0.1, 0.15) is 17.5 Å². The maximum Gasteiger partial charge on any atom is 0.145 e. The molecule has 3 N–H and O–H groups in total. The van der Waals surface area contributed by atoms with E-state index in [1.165, 1.54) is 0 Å². The van der Waals surface area contributed by atoms with Gasteiger partial charge in [0.25, 0.3) is 0 Å². The molecule has 20 heavy (non-hydrogen) atoms. The Balaban J connectivity index is 2.11. The van der Waals surface area contributed by atoms with E-state index in [0.717, 1.165) is 44.2 Å². The van der Waals surface area contributed by atoms with Crippen molar-refractivity contribution in [2.75, 3.05) is 37.1 Å². The first-order chi connectivity index (χ1) is 9.60. The zero-order valence-electron chi connectivity index (χ0n) is 12.6. The molecule has 1 saturated heterocycles. The molecule has 1 aromatic heterocycles. The van der Waals surface area contributed by atoms with Crippen LogP contribution < -0.4 is 16.2 Å². The molecule has 2 rings (SSSR count). The monoisotopic (exact) mass is 279 g/mol. The maximum atomic E-state index is 5.50. The van der Waals surface area contributed by atoms with Crippen molar-refractivity contribution in [2.24, 2.45) is 11.8 Å². The lowest BCUT2D eigenvalue weighted by Crippen LogP contribution is -2.30. The highest BCUT2D eigenvalue weighted by molar-refractivity contribution is 5.48. The summed E-state index contributed by atoms with van der Waals surface area (Å²) in [4.78, 5) is 11.2. The first-order valence-corrected chi connectivity index (χ1v) is 7.24. The Hall–Kier alpha value is -1.40. The molecule has 0 amide bonds. The summed E-state index contributed by atoms with van der Waals surface area (Å²) in [5.41, 5.74) is 2.62. The van der Waals surface area contributed by atoms with Crippen molar-refractivity contribution in [3.8, 4) is 0 Å². The summed E-state index contributed by atoms with van der Waals surface area (Å²) in [6.07, 6.45) is 2.24. The smallest absolute Gasteiger partial charge is 0.145 e. The van der Waals surface area contributed by atoms with Gasteiger partial charge in [0, 0.05) is 38.8 Å². The van der Waals surface area contributed by atoms with Gasteiger partial charge in [-0.25, -0.2) is 15.8 Å². The van der Waals surface area contributed by atoms with Crippen LogP contribution in [0.5, 0.6) is 0 Å². The van der Waals surface area contributed by atoms with E-state index >= 15 is 0 Å². The molecule has 0 atom stereocenters. The van der Waals surface area contributed by atoms with Crippen LogP contribution >= 0.6 is 0 Å². The van der Waals surface area contributed by atoms with Crippen molar-refractivity contribution < 1.29 is 4.74 Å². The van der Waals surface area contributed by atoms with Crippen LogP contribution in [0.1, 0.15) is 38.4 Å². The van der Waals surface area contributed by atoms with Crippen molar-refractivity contribution in [3.63, 3.8) is 0 Å². The van der Waals surface area contributed by atoms with Crippen LogP contribution in [-0.2, 0) is 4.74 Å². The summed E-state index contributed by atoms with van der Waals surface area (Å²) in [6.45, 7) is 6.89. The van der Waals surface area contributed by atoms with Crippen LogP contribution in [0, 0.1) is 5.92 Å². The molecular weight excluding hydrogens is 254 g/mol. The summed E-state index contributed by atoms with van der Waals surface area (Å²) >= 11 is 0. The molecule has 0 bridgehead atoms. The SMILES string of the molecule is CC(C)c1nc(NN)cc(N(C)CC2CCOCC2)n1. The Kier molecular flexibility index (Phi) is 5.14. The third kappa shape index (κ3) is 3.80. The van der Waals surface area contributed by atoms with Gasteiger partial charge in [0.15, 0.2) is 0 Å². The highest BCUT2D eigenvalue weighted by Crippen LogP contribution is 2.22. The molecule has 0 radical (unpaired) electrons. The summed E-state index contributed by atoms with van der Waals surface area (Å²) in [5, 5.41) is 0.